The highest BCUT2D eigenvalue weighted by Gasteiger charge is 2.37. The Balaban J connectivity index is 1.79. The van der Waals surface area contributed by atoms with E-state index in [2.05, 4.69) is 17.2 Å². The highest BCUT2D eigenvalue weighted by atomic mass is 16.2. The molecule has 1 saturated carbocycles. The number of carbonyl (C=O) groups excluding carboxylic acids is 1. The number of rotatable bonds is 4. The van der Waals surface area contributed by atoms with E-state index >= 15 is 0 Å². The average molecular weight is 255 g/mol. The Morgan fingerprint density at radius 2 is 2.21 bits per heavy atom. The number of hydrogen-bond acceptors (Lipinski definition) is 2. The van der Waals surface area contributed by atoms with Crippen molar-refractivity contribution in [2.24, 2.45) is 5.92 Å². The smallest absolute Gasteiger partial charge is 0.270 e. The molecule has 1 aromatic heterocycles. The van der Waals surface area contributed by atoms with Gasteiger partial charge in [-0.15, -0.1) is 0 Å². The quantitative estimate of drug-likeness (QED) is 0.912. The molecule has 1 aromatic carbocycles. The van der Waals surface area contributed by atoms with Gasteiger partial charge in [0, 0.05) is 11.7 Å². The van der Waals surface area contributed by atoms with Crippen molar-refractivity contribution in [3.63, 3.8) is 0 Å². The third kappa shape index (κ3) is 2.38. The molecule has 2 aromatic rings. The Labute approximate surface area is 112 Å². The molecule has 1 fully saturated rings. The fourth-order valence-electron chi connectivity index (χ4n) is 2.38. The summed E-state index contributed by atoms with van der Waals surface area (Å²) in [4.78, 5) is 16.3. The lowest BCUT2D eigenvalue weighted by molar-refractivity contribution is 0.0942. The van der Waals surface area contributed by atoms with Crippen molar-refractivity contribution in [2.75, 3.05) is 0 Å². The number of nitrogens with one attached hydrogen (secondary N) is 1. The van der Waals surface area contributed by atoms with Gasteiger partial charge in [-0.3, -0.25) is 9.36 Å². The summed E-state index contributed by atoms with van der Waals surface area (Å²) in [5.41, 5.74) is 1.54. The fourth-order valence-corrected chi connectivity index (χ4v) is 2.38. The summed E-state index contributed by atoms with van der Waals surface area (Å²) in [6.45, 7) is 2.16. The monoisotopic (exact) mass is 255 g/mol. The highest BCUT2D eigenvalue weighted by molar-refractivity contribution is 5.93. The van der Waals surface area contributed by atoms with Gasteiger partial charge < -0.3 is 5.32 Å². The minimum Gasteiger partial charge on any atom is -0.348 e. The van der Waals surface area contributed by atoms with E-state index < -0.39 is 0 Å². The van der Waals surface area contributed by atoms with Gasteiger partial charge in [0.05, 0.1) is 12.5 Å². The van der Waals surface area contributed by atoms with Crippen LogP contribution in [0.15, 0.2) is 42.9 Å². The zero-order valence-electron chi connectivity index (χ0n) is 10.9. The molecule has 0 aliphatic heterocycles. The number of nitrogens with zero attached hydrogens (tertiary/aromatic N) is 2. The minimum atomic E-state index is -0.0395. The number of amides is 1. The number of benzene rings is 1. The molecule has 1 aliphatic carbocycles. The van der Waals surface area contributed by atoms with Gasteiger partial charge in [0.15, 0.2) is 0 Å². The van der Waals surface area contributed by atoms with Crippen LogP contribution in [0, 0.1) is 5.92 Å². The summed E-state index contributed by atoms with van der Waals surface area (Å²) >= 11 is 0. The molecule has 1 heterocycles. The summed E-state index contributed by atoms with van der Waals surface area (Å²) in [7, 11) is 0. The van der Waals surface area contributed by atoms with Gasteiger partial charge in [0.2, 0.25) is 0 Å². The summed E-state index contributed by atoms with van der Waals surface area (Å²) in [5, 5.41) is 3.07. The van der Waals surface area contributed by atoms with Crippen LogP contribution in [-0.4, -0.2) is 21.5 Å². The van der Waals surface area contributed by atoms with E-state index in [9.17, 15) is 4.79 Å². The summed E-state index contributed by atoms with van der Waals surface area (Å²) in [6, 6.07) is 10.1. The van der Waals surface area contributed by atoms with Crippen molar-refractivity contribution in [1.29, 1.82) is 0 Å². The van der Waals surface area contributed by atoms with Crippen LogP contribution in [0.1, 0.15) is 30.3 Å². The van der Waals surface area contributed by atoms with Crippen molar-refractivity contribution in [2.45, 2.75) is 25.8 Å². The normalized spacial score (nSPS) is 21.1. The third-order valence-electron chi connectivity index (χ3n) is 3.67. The van der Waals surface area contributed by atoms with Gasteiger partial charge in [-0.1, -0.05) is 31.5 Å². The molecule has 1 N–H and O–H groups in total. The Kier molecular flexibility index (Phi) is 3.07. The lowest BCUT2D eigenvalue weighted by Crippen LogP contribution is -2.28. The largest absolute Gasteiger partial charge is 0.348 e. The van der Waals surface area contributed by atoms with Crippen molar-refractivity contribution >= 4 is 5.91 Å². The van der Waals surface area contributed by atoms with Gasteiger partial charge in [-0.05, 0) is 24.5 Å². The molecular weight excluding hydrogens is 238 g/mol. The van der Waals surface area contributed by atoms with Crippen LogP contribution in [0.5, 0.6) is 0 Å². The van der Waals surface area contributed by atoms with Crippen LogP contribution in [0.25, 0.3) is 5.69 Å². The summed E-state index contributed by atoms with van der Waals surface area (Å²) in [6.07, 6.45) is 5.52. The molecule has 0 bridgehead atoms. The Morgan fingerprint density at radius 1 is 1.42 bits per heavy atom. The van der Waals surface area contributed by atoms with E-state index in [0.717, 1.165) is 18.5 Å². The molecule has 98 valence electrons. The first-order valence-electron chi connectivity index (χ1n) is 6.68. The van der Waals surface area contributed by atoms with Crippen molar-refractivity contribution in [3.05, 3.63) is 48.5 Å². The molecule has 0 spiro atoms. The molecule has 1 amide bonds. The second kappa shape index (κ2) is 4.88. The van der Waals surface area contributed by atoms with Crippen molar-refractivity contribution < 1.29 is 4.79 Å². The third-order valence-corrected chi connectivity index (χ3v) is 3.67. The van der Waals surface area contributed by atoms with Gasteiger partial charge in [0.1, 0.15) is 5.69 Å². The van der Waals surface area contributed by atoms with Crippen LogP contribution < -0.4 is 5.32 Å². The van der Waals surface area contributed by atoms with E-state index in [-0.39, 0.29) is 5.91 Å². The molecule has 19 heavy (non-hydrogen) atoms. The standard InChI is InChI=1S/C15H17N3O/c1-2-11-8-13(11)17-15(19)14-9-16-10-18(14)12-6-4-3-5-7-12/h3-7,9-11,13H,2,8H2,1H3,(H,17,19)/t11-,13-/m1/s1. The van der Waals surface area contributed by atoms with Gasteiger partial charge in [-0.25, -0.2) is 4.98 Å². The summed E-state index contributed by atoms with van der Waals surface area (Å²) < 4.78 is 1.82. The maximum absolute atomic E-state index is 12.2. The molecule has 0 unspecified atom stereocenters. The molecule has 3 rings (SSSR count). The first-order valence-corrected chi connectivity index (χ1v) is 6.68. The number of imidazole rings is 1. The minimum absolute atomic E-state index is 0.0395. The zero-order chi connectivity index (χ0) is 13.2. The van der Waals surface area contributed by atoms with E-state index in [4.69, 9.17) is 0 Å². The Hall–Kier alpha value is -2.10. The Bertz CT molecular complexity index is 576. The Morgan fingerprint density at radius 3 is 2.89 bits per heavy atom. The van der Waals surface area contributed by atoms with Crippen molar-refractivity contribution in [3.8, 4) is 5.69 Å². The highest BCUT2D eigenvalue weighted by Crippen LogP contribution is 2.33. The van der Waals surface area contributed by atoms with E-state index in [1.54, 1.807) is 12.5 Å². The van der Waals surface area contributed by atoms with E-state index in [1.807, 2.05) is 34.9 Å². The van der Waals surface area contributed by atoms with Crippen LogP contribution in [-0.2, 0) is 0 Å². The van der Waals surface area contributed by atoms with Crippen LogP contribution >= 0.6 is 0 Å². The molecule has 0 radical (unpaired) electrons. The average Bonchev–Trinajstić information content (AvgIpc) is 3.01. The first-order chi connectivity index (χ1) is 9.29. The molecular formula is C15H17N3O. The molecule has 4 nitrogen and oxygen atoms in total. The molecule has 2 atom stereocenters. The second-order valence-electron chi connectivity index (χ2n) is 4.97. The maximum Gasteiger partial charge on any atom is 0.270 e. The lowest BCUT2D eigenvalue weighted by atomic mass is 10.3. The molecule has 4 heteroatoms. The molecule has 0 saturated heterocycles. The zero-order valence-corrected chi connectivity index (χ0v) is 10.9. The topological polar surface area (TPSA) is 46.9 Å². The van der Waals surface area contributed by atoms with E-state index in [1.165, 1.54) is 0 Å². The number of para-hydroxylation sites is 1. The van der Waals surface area contributed by atoms with Crippen LogP contribution in [0.3, 0.4) is 0 Å². The molecule has 1 aliphatic rings. The maximum atomic E-state index is 12.2. The SMILES string of the molecule is CC[C@@H]1C[C@H]1NC(=O)c1cncn1-c1ccccc1. The number of carbonyl (C=O) groups is 1. The van der Waals surface area contributed by atoms with Gasteiger partial charge in [-0.2, -0.15) is 0 Å². The van der Waals surface area contributed by atoms with Crippen molar-refractivity contribution in [1.82, 2.24) is 14.9 Å². The fraction of sp³-hybridized carbons (Fsp3) is 0.333. The van der Waals surface area contributed by atoms with Gasteiger partial charge in [0.25, 0.3) is 5.91 Å². The predicted octanol–water partition coefficient (Wildman–Crippen LogP) is 2.40. The van der Waals surface area contributed by atoms with E-state index in [0.29, 0.717) is 17.7 Å². The predicted molar refractivity (Wildman–Crippen MR) is 73.2 cm³/mol. The number of hydrogen-bond donors (Lipinski definition) is 1. The van der Waals surface area contributed by atoms with Crippen LogP contribution in [0.4, 0.5) is 0 Å². The van der Waals surface area contributed by atoms with Crippen LogP contribution in [0.2, 0.25) is 0 Å². The lowest BCUT2D eigenvalue weighted by Gasteiger charge is -2.08. The second-order valence-corrected chi connectivity index (χ2v) is 4.97. The first kappa shape index (κ1) is 12.0. The summed E-state index contributed by atoms with van der Waals surface area (Å²) in [5.74, 6) is 0.611. The number of aromatic nitrogens is 2. The van der Waals surface area contributed by atoms with Gasteiger partial charge >= 0.3 is 0 Å².